The highest BCUT2D eigenvalue weighted by Crippen LogP contribution is 2.30. The van der Waals surface area contributed by atoms with Gasteiger partial charge in [-0.1, -0.05) is 27.7 Å². The van der Waals surface area contributed by atoms with Crippen molar-refractivity contribution in [1.29, 1.82) is 0 Å². The van der Waals surface area contributed by atoms with Crippen molar-refractivity contribution in [2.75, 3.05) is 39.3 Å². The monoisotopic (exact) mass is 281 g/mol. The molecule has 0 aromatic carbocycles. The van der Waals surface area contributed by atoms with Crippen LogP contribution in [0.25, 0.3) is 0 Å². The Balaban J connectivity index is 1.89. The fourth-order valence-electron chi connectivity index (χ4n) is 3.81. The van der Waals surface area contributed by atoms with E-state index in [-0.39, 0.29) is 5.41 Å². The normalized spacial score (nSPS) is 25.4. The lowest BCUT2D eigenvalue weighted by molar-refractivity contribution is -0.140. The summed E-state index contributed by atoms with van der Waals surface area (Å²) in [5, 5.41) is 3.40. The summed E-state index contributed by atoms with van der Waals surface area (Å²) in [6.45, 7) is 14.9. The molecule has 0 spiro atoms. The molecule has 0 aromatic rings. The summed E-state index contributed by atoms with van der Waals surface area (Å²) >= 11 is 0. The summed E-state index contributed by atoms with van der Waals surface area (Å²) in [5.74, 6) is 0.921. The number of hydrogen-bond acceptors (Lipinski definition) is 3. The molecule has 0 aromatic heterocycles. The smallest absolute Gasteiger partial charge is 0.228 e. The number of nitrogens with one attached hydrogen (secondary N) is 1. The molecule has 1 atom stereocenters. The Morgan fingerprint density at radius 3 is 2.50 bits per heavy atom. The molecule has 20 heavy (non-hydrogen) atoms. The minimum Gasteiger partial charge on any atom is -0.341 e. The molecule has 2 aliphatic rings. The van der Waals surface area contributed by atoms with E-state index in [1.165, 1.54) is 0 Å². The molecule has 0 bridgehead atoms. The van der Waals surface area contributed by atoms with Gasteiger partial charge in [-0.2, -0.15) is 0 Å². The summed E-state index contributed by atoms with van der Waals surface area (Å²) in [5.41, 5.74) is -0.216. The molecule has 1 amide bonds. The van der Waals surface area contributed by atoms with Crippen molar-refractivity contribution in [3.63, 3.8) is 0 Å². The van der Waals surface area contributed by atoms with Gasteiger partial charge in [0.1, 0.15) is 0 Å². The number of carbonyl (C=O) groups excluding carboxylic acids is 1. The largest absolute Gasteiger partial charge is 0.341 e. The number of amides is 1. The first-order valence-electron chi connectivity index (χ1n) is 8.14. The third-order valence-electron chi connectivity index (χ3n) is 4.62. The van der Waals surface area contributed by atoms with Crippen molar-refractivity contribution in [2.24, 2.45) is 11.3 Å². The lowest BCUT2D eigenvalue weighted by Gasteiger charge is -2.34. The second kappa shape index (κ2) is 6.44. The highest BCUT2D eigenvalue weighted by Gasteiger charge is 2.37. The molecule has 2 rings (SSSR count). The van der Waals surface area contributed by atoms with Gasteiger partial charge in [0.05, 0.1) is 0 Å². The second-order valence-corrected chi connectivity index (χ2v) is 7.46. The van der Waals surface area contributed by atoms with Crippen LogP contribution < -0.4 is 5.32 Å². The van der Waals surface area contributed by atoms with Crippen LogP contribution in [0.4, 0.5) is 0 Å². The number of hydrogen-bond donors (Lipinski definition) is 1. The van der Waals surface area contributed by atoms with Crippen LogP contribution in [0, 0.1) is 11.3 Å². The maximum absolute atomic E-state index is 12.7. The van der Waals surface area contributed by atoms with Crippen LogP contribution in [0.1, 0.15) is 40.5 Å². The van der Waals surface area contributed by atoms with Crippen LogP contribution in [-0.4, -0.2) is 61.0 Å². The summed E-state index contributed by atoms with van der Waals surface area (Å²) in [7, 11) is 0. The molecule has 116 valence electrons. The van der Waals surface area contributed by atoms with E-state index in [0.29, 0.717) is 17.9 Å². The molecule has 2 fully saturated rings. The van der Waals surface area contributed by atoms with Crippen LogP contribution in [0.2, 0.25) is 0 Å². The molecule has 4 heteroatoms. The minimum atomic E-state index is -0.216. The lowest BCUT2D eigenvalue weighted by atomic mass is 9.82. The van der Waals surface area contributed by atoms with Gasteiger partial charge in [0, 0.05) is 50.7 Å². The molecule has 2 aliphatic heterocycles. The van der Waals surface area contributed by atoms with Gasteiger partial charge in [-0.25, -0.2) is 0 Å². The predicted octanol–water partition coefficient (Wildman–Crippen LogP) is 1.56. The molecule has 2 heterocycles. The van der Waals surface area contributed by atoms with Gasteiger partial charge in [-0.15, -0.1) is 0 Å². The van der Waals surface area contributed by atoms with Crippen LogP contribution >= 0.6 is 0 Å². The average Bonchev–Trinajstić information content (AvgIpc) is 2.86. The van der Waals surface area contributed by atoms with E-state index < -0.39 is 0 Å². The van der Waals surface area contributed by atoms with Crippen molar-refractivity contribution in [3.05, 3.63) is 0 Å². The first-order chi connectivity index (χ1) is 9.40. The van der Waals surface area contributed by atoms with E-state index in [0.717, 1.165) is 52.1 Å². The Kier molecular flexibility index (Phi) is 5.08. The predicted molar refractivity (Wildman–Crippen MR) is 82.7 cm³/mol. The van der Waals surface area contributed by atoms with Gasteiger partial charge < -0.3 is 10.2 Å². The van der Waals surface area contributed by atoms with Crippen molar-refractivity contribution < 1.29 is 4.79 Å². The SMILES string of the molecule is CC(C)CC(C)(C)C(=O)N1CCC(N2CCNCC2)C1. The van der Waals surface area contributed by atoms with Crippen molar-refractivity contribution in [1.82, 2.24) is 15.1 Å². The fourth-order valence-corrected chi connectivity index (χ4v) is 3.81. The van der Waals surface area contributed by atoms with Gasteiger partial charge >= 0.3 is 0 Å². The number of likely N-dealkylation sites (tertiary alicyclic amines) is 1. The summed E-state index contributed by atoms with van der Waals surface area (Å²) in [6, 6.07) is 0.580. The van der Waals surface area contributed by atoms with Gasteiger partial charge in [0.2, 0.25) is 5.91 Å². The lowest BCUT2D eigenvalue weighted by Crippen LogP contribution is -2.50. The summed E-state index contributed by atoms with van der Waals surface area (Å²) < 4.78 is 0. The van der Waals surface area contributed by atoms with Crippen LogP contribution in [-0.2, 0) is 4.79 Å². The zero-order chi connectivity index (χ0) is 14.8. The van der Waals surface area contributed by atoms with Gasteiger partial charge in [0.15, 0.2) is 0 Å². The van der Waals surface area contributed by atoms with Crippen LogP contribution in [0.5, 0.6) is 0 Å². The quantitative estimate of drug-likeness (QED) is 0.849. The number of rotatable bonds is 4. The molecule has 1 unspecified atom stereocenters. The molecule has 1 N–H and O–H groups in total. The van der Waals surface area contributed by atoms with Crippen molar-refractivity contribution in [2.45, 2.75) is 46.6 Å². The van der Waals surface area contributed by atoms with Crippen LogP contribution in [0.15, 0.2) is 0 Å². The Bertz CT molecular complexity index is 335. The molecule has 0 aliphatic carbocycles. The molecular formula is C16H31N3O. The van der Waals surface area contributed by atoms with Crippen molar-refractivity contribution >= 4 is 5.91 Å². The molecule has 4 nitrogen and oxygen atoms in total. The highest BCUT2D eigenvalue weighted by atomic mass is 16.2. The first kappa shape index (κ1) is 15.8. The van der Waals surface area contributed by atoms with E-state index >= 15 is 0 Å². The van der Waals surface area contributed by atoms with Crippen molar-refractivity contribution in [3.8, 4) is 0 Å². The Hall–Kier alpha value is -0.610. The maximum atomic E-state index is 12.7. The number of carbonyl (C=O) groups is 1. The number of piperazine rings is 1. The Labute approximate surface area is 123 Å². The molecular weight excluding hydrogens is 250 g/mol. The van der Waals surface area contributed by atoms with Gasteiger partial charge in [-0.05, 0) is 18.8 Å². The van der Waals surface area contributed by atoms with Gasteiger partial charge in [0.25, 0.3) is 0 Å². The maximum Gasteiger partial charge on any atom is 0.228 e. The molecule has 0 radical (unpaired) electrons. The van der Waals surface area contributed by atoms with E-state index in [4.69, 9.17) is 0 Å². The van der Waals surface area contributed by atoms with Gasteiger partial charge in [-0.3, -0.25) is 9.69 Å². The highest BCUT2D eigenvalue weighted by molar-refractivity contribution is 5.82. The first-order valence-corrected chi connectivity index (χ1v) is 8.14. The third-order valence-corrected chi connectivity index (χ3v) is 4.62. The van der Waals surface area contributed by atoms with E-state index in [1.807, 2.05) is 0 Å². The Morgan fingerprint density at radius 2 is 1.90 bits per heavy atom. The summed E-state index contributed by atoms with van der Waals surface area (Å²) in [4.78, 5) is 17.4. The molecule has 0 saturated carbocycles. The molecule has 2 saturated heterocycles. The van der Waals surface area contributed by atoms with E-state index in [1.54, 1.807) is 0 Å². The topological polar surface area (TPSA) is 35.6 Å². The second-order valence-electron chi connectivity index (χ2n) is 7.46. The van der Waals surface area contributed by atoms with E-state index in [2.05, 4.69) is 42.8 Å². The van der Waals surface area contributed by atoms with E-state index in [9.17, 15) is 4.79 Å². The summed E-state index contributed by atoms with van der Waals surface area (Å²) in [6.07, 6.45) is 2.12. The number of nitrogens with zero attached hydrogens (tertiary/aromatic N) is 2. The van der Waals surface area contributed by atoms with Crippen LogP contribution in [0.3, 0.4) is 0 Å². The third kappa shape index (κ3) is 3.73. The Morgan fingerprint density at radius 1 is 1.25 bits per heavy atom. The zero-order valence-electron chi connectivity index (χ0n) is 13.6. The fraction of sp³-hybridized carbons (Fsp3) is 0.938. The zero-order valence-corrected chi connectivity index (χ0v) is 13.6. The minimum absolute atomic E-state index is 0.216. The average molecular weight is 281 g/mol. The standard InChI is InChI=1S/C16H31N3O/c1-13(2)11-16(3,4)15(20)19-8-5-14(12-19)18-9-6-17-7-10-18/h13-14,17H,5-12H2,1-4H3.